The smallest absolute Gasteiger partial charge is 0.276 e. The van der Waals surface area contributed by atoms with E-state index in [-0.39, 0.29) is 4.90 Å². The number of aromatic nitrogens is 2. The van der Waals surface area contributed by atoms with Gasteiger partial charge in [-0.05, 0) is 67.6 Å². The van der Waals surface area contributed by atoms with Crippen LogP contribution < -0.4 is 10.1 Å². The van der Waals surface area contributed by atoms with Crippen LogP contribution in [0.4, 0.5) is 0 Å². The molecule has 2 N–H and O–H groups in total. The third-order valence-electron chi connectivity index (χ3n) is 5.27. The van der Waals surface area contributed by atoms with Gasteiger partial charge in [0.15, 0.2) is 0 Å². The first-order chi connectivity index (χ1) is 14.0. The second-order valence-electron chi connectivity index (χ2n) is 7.43. The van der Waals surface area contributed by atoms with Crippen LogP contribution >= 0.6 is 0 Å². The Bertz CT molecular complexity index is 1080. The molecule has 0 aliphatic heterocycles. The first-order valence-corrected chi connectivity index (χ1v) is 11.5. The maximum Gasteiger partial charge on any atom is 0.276 e. The maximum atomic E-state index is 12.5. The van der Waals surface area contributed by atoms with Gasteiger partial charge in [0.25, 0.3) is 10.0 Å². The van der Waals surface area contributed by atoms with Crippen molar-refractivity contribution >= 4 is 10.0 Å². The van der Waals surface area contributed by atoms with Crippen molar-refractivity contribution in [3.8, 4) is 11.3 Å². The lowest BCUT2D eigenvalue weighted by Crippen LogP contribution is -2.34. The molecule has 1 aliphatic carbocycles. The Labute approximate surface area is 172 Å². The van der Waals surface area contributed by atoms with Crippen molar-refractivity contribution < 1.29 is 8.42 Å². The number of fused-ring (bicyclic) bond motifs is 1. The van der Waals surface area contributed by atoms with E-state index < -0.39 is 10.0 Å². The van der Waals surface area contributed by atoms with Gasteiger partial charge in [-0.3, -0.25) is 0 Å². The maximum absolute atomic E-state index is 12.5. The fourth-order valence-electron chi connectivity index (χ4n) is 3.74. The molecule has 4 rings (SSSR count). The lowest BCUT2D eigenvalue weighted by Gasteiger charge is -2.26. The molecule has 1 aliphatic rings. The number of sulfonamides is 1. The van der Waals surface area contributed by atoms with E-state index in [0.717, 1.165) is 43.5 Å². The monoisotopic (exact) mass is 410 g/mol. The van der Waals surface area contributed by atoms with Crippen LogP contribution in [-0.4, -0.2) is 30.9 Å². The van der Waals surface area contributed by atoms with E-state index in [1.165, 1.54) is 15.9 Å². The molecule has 0 saturated heterocycles. The van der Waals surface area contributed by atoms with Crippen molar-refractivity contribution in [1.82, 2.24) is 15.2 Å². The fraction of sp³-hybridized carbons (Fsp3) is 0.318. The Balaban J connectivity index is 1.49. The number of hydrogen-bond donors (Lipinski definition) is 2. The lowest BCUT2D eigenvalue weighted by molar-refractivity contribution is 0.459. The molecule has 2 aromatic carbocycles. The summed E-state index contributed by atoms with van der Waals surface area (Å²) < 4.78 is 24.9. The quantitative estimate of drug-likeness (QED) is 0.626. The summed E-state index contributed by atoms with van der Waals surface area (Å²) in [5.74, 6) is 0. The van der Waals surface area contributed by atoms with Gasteiger partial charge in [0.2, 0.25) is 0 Å². The minimum atomic E-state index is -3.67. The molecule has 0 fully saturated rings. The second kappa shape index (κ2) is 8.39. The van der Waals surface area contributed by atoms with Crippen LogP contribution in [0.3, 0.4) is 0 Å². The third kappa shape index (κ3) is 4.52. The van der Waals surface area contributed by atoms with Gasteiger partial charge in [0.1, 0.15) is 0 Å². The van der Waals surface area contributed by atoms with Crippen LogP contribution in [0.15, 0.2) is 65.7 Å². The molecule has 1 atom stereocenters. The Morgan fingerprint density at radius 1 is 1.10 bits per heavy atom. The molecule has 7 heteroatoms. The van der Waals surface area contributed by atoms with Crippen molar-refractivity contribution in [3.05, 3.63) is 71.9 Å². The molecule has 0 amide bonds. The summed E-state index contributed by atoms with van der Waals surface area (Å²) in [6, 6.07) is 17.1. The van der Waals surface area contributed by atoms with Gasteiger partial charge < -0.3 is 5.32 Å². The molecular formula is C22H26N4O2S. The predicted octanol–water partition coefficient (Wildman–Crippen LogP) is 3.34. The van der Waals surface area contributed by atoms with Gasteiger partial charge in [-0.2, -0.15) is 18.3 Å². The Morgan fingerprint density at radius 2 is 1.93 bits per heavy atom. The number of nitrogens with zero attached hydrogens (tertiary/aromatic N) is 2. The first kappa shape index (κ1) is 19.7. The number of hydrogen-bond acceptors (Lipinski definition) is 4. The normalized spacial score (nSPS) is 16.4. The Kier molecular flexibility index (Phi) is 5.69. The Hall–Kier alpha value is -2.64. The summed E-state index contributed by atoms with van der Waals surface area (Å²) in [5.41, 5.74) is 4.49. The summed E-state index contributed by atoms with van der Waals surface area (Å²) in [7, 11) is -3.67. The van der Waals surface area contributed by atoms with E-state index in [1.54, 1.807) is 36.5 Å². The van der Waals surface area contributed by atoms with Gasteiger partial charge in [0.05, 0.1) is 16.8 Å². The Morgan fingerprint density at radius 3 is 2.72 bits per heavy atom. The highest BCUT2D eigenvalue weighted by atomic mass is 32.2. The molecule has 6 nitrogen and oxygen atoms in total. The molecule has 0 bridgehead atoms. The van der Waals surface area contributed by atoms with Crippen molar-refractivity contribution in [2.24, 2.45) is 0 Å². The first-order valence-electron chi connectivity index (χ1n) is 10.0. The molecule has 1 aromatic heterocycles. The average molecular weight is 411 g/mol. The van der Waals surface area contributed by atoms with Gasteiger partial charge in [0, 0.05) is 11.6 Å². The largest absolute Gasteiger partial charge is 0.314 e. The summed E-state index contributed by atoms with van der Waals surface area (Å²) in [6.07, 6.45) is 6.02. The molecule has 0 unspecified atom stereocenters. The number of nitrogens with one attached hydrogen (secondary N) is 2. The summed E-state index contributed by atoms with van der Waals surface area (Å²) >= 11 is 0. The molecule has 1 heterocycles. The zero-order chi connectivity index (χ0) is 20.3. The molecule has 3 aromatic rings. The molecule has 0 saturated carbocycles. The number of rotatable bonds is 7. The van der Waals surface area contributed by atoms with Crippen LogP contribution in [0.25, 0.3) is 11.3 Å². The standard InChI is InChI=1S/C22H26N4O2S/c1-2-13-23-20-11-10-17-15-19(9-8-18(17)16-20)22-12-14-26(24-22)25-29(27,28)21-6-4-3-5-7-21/h3-9,12,14-15,20,23,25H,2,10-11,13,16H2,1H3/t20-/m0/s1. The van der Waals surface area contributed by atoms with E-state index in [0.29, 0.717) is 6.04 Å². The van der Waals surface area contributed by atoms with E-state index in [9.17, 15) is 8.42 Å². The fourth-order valence-corrected chi connectivity index (χ4v) is 4.71. The van der Waals surface area contributed by atoms with Gasteiger partial charge in [-0.1, -0.05) is 37.3 Å². The molecule has 0 radical (unpaired) electrons. The van der Waals surface area contributed by atoms with Crippen LogP contribution in [0.2, 0.25) is 0 Å². The summed E-state index contributed by atoms with van der Waals surface area (Å²) in [4.78, 5) is 3.94. The molecule has 29 heavy (non-hydrogen) atoms. The van der Waals surface area contributed by atoms with E-state index in [4.69, 9.17) is 0 Å². The highest BCUT2D eigenvalue weighted by Crippen LogP contribution is 2.27. The van der Waals surface area contributed by atoms with Gasteiger partial charge >= 0.3 is 0 Å². The van der Waals surface area contributed by atoms with E-state index in [1.807, 2.05) is 6.07 Å². The summed E-state index contributed by atoms with van der Waals surface area (Å²) in [5, 5.41) is 8.03. The van der Waals surface area contributed by atoms with Gasteiger partial charge in [-0.15, -0.1) is 0 Å². The second-order valence-corrected chi connectivity index (χ2v) is 9.09. The minimum absolute atomic E-state index is 0.206. The zero-order valence-corrected chi connectivity index (χ0v) is 17.3. The van der Waals surface area contributed by atoms with Crippen molar-refractivity contribution in [2.75, 3.05) is 11.4 Å². The van der Waals surface area contributed by atoms with E-state index >= 15 is 0 Å². The highest BCUT2D eigenvalue weighted by Gasteiger charge is 2.19. The molecular weight excluding hydrogens is 384 g/mol. The highest BCUT2D eigenvalue weighted by molar-refractivity contribution is 7.92. The van der Waals surface area contributed by atoms with E-state index in [2.05, 4.69) is 40.4 Å². The van der Waals surface area contributed by atoms with Crippen molar-refractivity contribution in [2.45, 2.75) is 43.5 Å². The third-order valence-corrected chi connectivity index (χ3v) is 6.59. The van der Waals surface area contributed by atoms with Gasteiger partial charge in [-0.25, -0.2) is 4.83 Å². The number of aryl methyl sites for hydroxylation is 1. The van der Waals surface area contributed by atoms with Crippen LogP contribution in [0.5, 0.6) is 0 Å². The lowest BCUT2D eigenvalue weighted by atomic mass is 9.87. The number of benzene rings is 2. The van der Waals surface area contributed by atoms with Crippen LogP contribution in [0, 0.1) is 0 Å². The van der Waals surface area contributed by atoms with Crippen molar-refractivity contribution in [3.63, 3.8) is 0 Å². The molecule has 0 spiro atoms. The predicted molar refractivity (Wildman–Crippen MR) is 115 cm³/mol. The average Bonchev–Trinajstić information content (AvgIpc) is 3.20. The topological polar surface area (TPSA) is 76.0 Å². The van der Waals surface area contributed by atoms with Crippen molar-refractivity contribution in [1.29, 1.82) is 0 Å². The molecule has 152 valence electrons. The SMILES string of the molecule is CCCN[C@H]1CCc2cc(-c3ccn(NS(=O)(=O)c4ccccc4)n3)ccc2C1. The van der Waals surface area contributed by atoms with Crippen LogP contribution in [0.1, 0.15) is 30.9 Å². The summed E-state index contributed by atoms with van der Waals surface area (Å²) in [6.45, 7) is 3.25. The minimum Gasteiger partial charge on any atom is -0.314 e. The zero-order valence-electron chi connectivity index (χ0n) is 16.5. The van der Waals surface area contributed by atoms with Crippen LogP contribution in [-0.2, 0) is 22.9 Å².